The van der Waals surface area contributed by atoms with Gasteiger partial charge in [-0.25, -0.2) is 4.99 Å². The lowest BCUT2D eigenvalue weighted by atomic mass is 9.94. The SMILES string of the molecule is Cc1cc(N2CCC3=C(c4cccc(O)c4)N=C(N4CCOCC4)C[C@@]32I)ccn1. The molecule has 0 spiro atoms. The smallest absolute Gasteiger partial charge is 0.123 e. The summed E-state index contributed by atoms with van der Waals surface area (Å²) in [6.45, 7) is 6.17. The van der Waals surface area contributed by atoms with Crippen LogP contribution in [-0.2, 0) is 4.74 Å². The number of benzene rings is 1. The summed E-state index contributed by atoms with van der Waals surface area (Å²) >= 11 is 2.63. The number of anilines is 1. The van der Waals surface area contributed by atoms with E-state index in [0.717, 1.165) is 68.5 Å². The molecule has 2 saturated heterocycles. The number of aliphatic imine (C=N–C) groups is 1. The second kappa shape index (κ2) is 7.85. The Kier molecular flexibility index (Phi) is 5.18. The molecular weight excluding hydrogens is 491 g/mol. The Morgan fingerprint density at radius 2 is 1.97 bits per heavy atom. The summed E-state index contributed by atoms with van der Waals surface area (Å²) in [5, 5.41) is 10.1. The number of pyridine rings is 1. The monoisotopic (exact) mass is 516 g/mol. The Balaban J connectivity index is 1.63. The van der Waals surface area contributed by atoms with Crippen LogP contribution < -0.4 is 4.90 Å². The minimum atomic E-state index is -0.193. The lowest BCUT2D eigenvalue weighted by molar-refractivity contribution is 0.0670. The molecule has 1 N–H and O–H groups in total. The van der Waals surface area contributed by atoms with Crippen LogP contribution in [0.5, 0.6) is 5.75 Å². The van der Waals surface area contributed by atoms with Crippen molar-refractivity contribution in [3.8, 4) is 5.75 Å². The normalized spacial score (nSPS) is 24.1. The van der Waals surface area contributed by atoms with Crippen molar-refractivity contribution in [3.05, 3.63) is 59.4 Å². The zero-order chi connectivity index (χ0) is 20.7. The molecule has 30 heavy (non-hydrogen) atoms. The van der Waals surface area contributed by atoms with Crippen molar-refractivity contribution in [1.82, 2.24) is 9.88 Å². The number of phenolic OH excluding ortho intramolecular Hbond substituents is 1. The summed E-state index contributed by atoms with van der Waals surface area (Å²) in [7, 11) is 0. The summed E-state index contributed by atoms with van der Waals surface area (Å²) in [6.07, 6.45) is 3.70. The maximum Gasteiger partial charge on any atom is 0.123 e. The lowest BCUT2D eigenvalue weighted by Gasteiger charge is -2.42. The largest absolute Gasteiger partial charge is 0.508 e. The molecule has 0 radical (unpaired) electrons. The summed E-state index contributed by atoms with van der Waals surface area (Å²) in [6, 6.07) is 11.7. The highest BCUT2D eigenvalue weighted by Gasteiger charge is 2.48. The summed E-state index contributed by atoms with van der Waals surface area (Å²) < 4.78 is 5.38. The molecule has 6 nitrogen and oxygen atoms in total. The van der Waals surface area contributed by atoms with E-state index >= 15 is 0 Å². The Bertz CT molecular complexity index is 1030. The van der Waals surface area contributed by atoms with E-state index in [9.17, 15) is 5.11 Å². The first kappa shape index (κ1) is 19.8. The topological polar surface area (TPSA) is 61.2 Å². The standard InChI is InChI=1S/C23H25IN4O2/c1-16-13-18(5-7-25-16)28-8-6-20-22(17-3-2-4-19(29)14-17)26-21(15-23(20,28)24)27-9-11-30-12-10-27/h2-5,7,13-14,29H,6,8-12,15H2,1H3/t23-/m0/s1. The van der Waals surface area contributed by atoms with Crippen LogP contribution in [0.3, 0.4) is 0 Å². The van der Waals surface area contributed by atoms with E-state index in [-0.39, 0.29) is 9.30 Å². The van der Waals surface area contributed by atoms with Gasteiger partial charge in [-0.15, -0.1) is 0 Å². The molecule has 0 amide bonds. The number of hydrogen-bond acceptors (Lipinski definition) is 6. The molecule has 7 heteroatoms. The minimum absolute atomic E-state index is 0.193. The number of rotatable bonds is 2. The van der Waals surface area contributed by atoms with Crippen molar-refractivity contribution in [2.45, 2.75) is 23.3 Å². The van der Waals surface area contributed by atoms with Gasteiger partial charge < -0.3 is 19.6 Å². The van der Waals surface area contributed by atoms with Gasteiger partial charge in [0.15, 0.2) is 0 Å². The van der Waals surface area contributed by atoms with Gasteiger partial charge in [0.25, 0.3) is 0 Å². The first-order chi connectivity index (χ1) is 14.5. The molecule has 156 valence electrons. The number of ether oxygens (including phenoxy) is 1. The van der Waals surface area contributed by atoms with Gasteiger partial charge in [0.2, 0.25) is 0 Å². The van der Waals surface area contributed by atoms with Gasteiger partial charge in [0, 0.05) is 49.2 Å². The number of phenols is 1. The Hall–Kier alpha value is -2.13. The average molecular weight is 516 g/mol. The molecule has 0 saturated carbocycles. The van der Waals surface area contributed by atoms with Crippen molar-refractivity contribution < 1.29 is 9.84 Å². The van der Waals surface area contributed by atoms with Gasteiger partial charge in [-0.1, -0.05) is 12.1 Å². The van der Waals surface area contributed by atoms with Crippen LogP contribution in [0.15, 0.2) is 53.2 Å². The maximum atomic E-state index is 10.1. The number of aryl methyl sites for hydroxylation is 1. The molecule has 2 fully saturated rings. The molecular formula is C23H25IN4O2. The molecule has 1 atom stereocenters. The summed E-state index contributed by atoms with van der Waals surface area (Å²) in [4.78, 5) is 14.4. The van der Waals surface area contributed by atoms with Crippen molar-refractivity contribution in [2.75, 3.05) is 37.7 Å². The van der Waals surface area contributed by atoms with Crippen LogP contribution >= 0.6 is 22.6 Å². The lowest BCUT2D eigenvalue weighted by Crippen LogP contribution is -2.49. The van der Waals surface area contributed by atoms with E-state index in [0.29, 0.717) is 0 Å². The van der Waals surface area contributed by atoms with Crippen molar-refractivity contribution >= 4 is 39.8 Å². The number of alkyl halides is 1. The molecule has 5 rings (SSSR count). The Labute approximate surface area is 190 Å². The predicted molar refractivity (Wildman–Crippen MR) is 127 cm³/mol. The van der Waals surface area contributed by atoms with Crippen LogP contribution in [0.25, 0.3) is 5.70 Å². The zero-order valence-corrected chi connectivity index (χ0v) is 19.2. The van der Waals surface area contributed by atoms with Crippen molar-refractivity contribution in [3.63, 3.8) is 0 Å². The molecule has 0 bridgehead atoms. The van der Waals surface area contributed by atoms with Gasteiger partial charge in [-0.05, 0) is 65.8 Å². The Morgan fingerprint density at radius 1 is 1.13 bits per heavy atom. The number of hydrogen-bond donors (Lipinski definition) is 1. The number of halogens is 1. The number of aromatic nitrogens is 1. The highest BCUT2D eigenvalue weighted by Crippen LogP contribution is 2.51. The summed E-state index contributed by atoms with van der Waals surface area (Å²) in [5.41, 5.74) is 5.53. The van der Waals surface area contributed by atoms with Crippen LogP contribution in [-0.4, -0.2) is 57.2 Å². The number of morpholine rings is 1. The van der Waals surface area contributed by atoms with Crippen LogP contribution in [0.4, 0.5) is 5.69 Å². The highest BCUT2D eigenvalue weighted by atomic mass is 127. The van der Waals surface area contributed by atoms with Crippen molar-refractivity contribution in [2.24, 2.45) is 4.99 Å². The fourth-order valence-electron chi connectivity index (χ4n) is 4.63. The van der Waals surface area contributed by atoms with E-state index < -0.39 is 0 Å². The second-order valence-electron chi connectivity index (χ2n) is 8.00. The van der Waals surface area contributed by atoms with Gasteiger partial charge in [0.1, 0.15) is 15.1 Å². The third-order valence-corrected chi connectivity index (χ3v) is 7.70. The third kappa shape index (κ3) is 3.47. The number of aromatic hydroxyl groups is 1. The van der Waals surface area contributed by atoms with Crippen LogP contribution in [0.1, 0.15) is 24.1 Å². The number of amidine groups is 1. The minimum Gasteiger partial charge on any atom is -0.508 e. The quantitative estimate of drug-likeness (QED) is 0.372. The fraction of sp³-hybridized carbons (Fsp3) is 0.391. The predicted octanol–water partition coefficient (Wildman–Crippen LogP) is 3.98. The van der Waals surface area contributed by atoms with E-state index in [2.05, 4.69) is 49.5 Å². The fourth-order valence-corrected chi connectivity index (χ4v) is 6.02. The second-order valence-corrected chi connectivity index (χ2v) is 9.78. The molecule has 3 aliphatic rings. The van der Waals surface area contributed by atoms with Gasteiger partial charge in [-0.3, -0.25) is 4.98 Å². The molecule has 3 aliphatic heterocycles. The highest BCUT2D eigenvalue weighted by molar-refractivity contribution is 14.1. The number of nitrogens with zero attached hydrogens (tertiary/aromatic N) is 4. The van der Waals surface area contributed by atoms with Gasteiger partial charge in [0.05, 0.1) is 18.9 Å². The molecule has 0 unspecified atom stereocenters. The molecule has 4 heterocycles. The maximum absolute atomic E-state index is 10.1. The van der Waals surface area contributed by atoms with Crippen LogP contribution in [0.2, 0.25) is 0 Å². The number of fused-ring (bicyclic) bond motifs is 1. The molecule has 2 aromatic rings. The van der Waals surface area contributed by atoms with E-state index in [4.69, 9.17) is 9.73 Å². The zero-order valence-electron chi connectivity index (χ0n) is 17.0. The van der Waals surface area contributed by atoms with E-state index in [1.54, 1.807) is 6.07 Å². The van der Waals surface area contributed by atoms with Crippen molar-refractivity contribution in [1.29, 1.82) is 0 Å². The van der Waals surface area contributed by atoms with Gasteiger partial charge in [-0.2, -0.15) is 0 Å². The van der Waals surface area contributed by atoms with E-state index in [1.165, 1.54) is 11.3 Å². The first-order valence-electron chi connectivity index (χ1n) is 10.4. The van der Waals surface area contributed by atoms with Gasteiger partial charge >= 0.3 is 0 Å². The molecule has 1 aromatic heterocycles. The summed E-state index contributed by atoms with van der Waals surface area (Å²) in [5.74, 6) is 1.38. The molecule has 1 aromatic carbocycles. The average Bonchev–Trinajstić information content (AvgIpc) is 3.10. The molecule has 0 aliphatic carbocycles. The van der Waals surface area contributed by atoms with Crippen LogP contribution in [0, 0.1) is 6.92 Å². The third-order valence-electron chi connectivity index (χ3n) is 6.08. The first-order valence-corrected chi connectivity index (χ1v) is 11.4. The van der Waals surface area contributed by atoms with E-state index in [1.807, 2.05) is 31.3 Å². The Morgan fingerprint density at radius 3 is 2.73 bits per heavy atom.